The molecule has 9 heteroatoms. The summed E-state index contributed by atoms with van der Waals surface area (Å²) < 4.78 is 67.6. The molecule has 3 nitrogen and oxygen atoms in total. The molecule has 3 aromatic carbocycles. The summed E-state index contributed by atoms with van der Waals surface area (Å²) in [5.74, 6) is -0.798. The van der Waals surface area contributed by atoms with Gasteiger partial charge in [0.25, 0.3) is 0 Å². The average Bonchev–Trinajstić information content (AvgIpc) is 3.24. The molecular weight excluding hydrogens is 511 g/mol. The van der Waals surface area contributed by atoms with Gasteiger partial charge < -0.3 is 15.4 Å². The summed E-state index contributed by atoms with van der Waals surface area (Å²) in [5, 5.41) is 14.4. The summed E-state index contributed by atoms with van der Waals surface area (Å²) in [5.41, 5.74) is 2.88. The van der Waals surface area contributed by atoms with E-state index in [1.165, 1.54) is 30.3 Å². The van der Waals surface area contributed by atoms with Crippen LogP contribution in [-0.2, 0) is 19.1 Å². The van der Waals surface area contributed by atoms with Crippen molar-refractivity contribution < 1.29 is 27.1 Å². The smallest absolute Gasteiger partial charge is 0.388 e. The second-order valence-electron chi connectivity index (χ2n) is 9.29. The number of hydrogen-bond acceptors (Lipinski definition) is 2. The number of aliphatic hydroxyl groups excluding tert-OH is 1. The number of aliphatic hydroxyl groups is 1. The molecule has 1 aliphatic heterocycles. The first-order valence-corrected chi connectivity index (χ1v) is 11.9. The number of aromatic nitrogens is 1. The molecule has 2 heterocycles. The largest absolute Gasteiger partial charge is 0.416 e. The molecule has 0 aliphatic carbocycles. The molecule has 2 unspecified atom stereocenters. The Hall–Kier alpha value is -2.94. The van der Waals surface area contributed by atoms with E-state index in [1.54, 1.807) is 18.2 Å². The van der Waals surface area contributed by atoms with Crippen molar-refractivity contribution in [2.75, 3.05) is 0 Å². The van der Waals surface area contributed by atoms with Gasteiger partial charge in [-0.25, -0.2) is 8.78 Å². The average molecular weight is 537 g/mol. The van der Waals surface area contributed by atoms with Crippen molar-refractivity contribution in [3.63, 3.8) is 0 Å². The fourth-order valence-electron chi connectivity index (χ4n) is 5.04. The number of nitrogens with one attached hydrogen (secondary N) is 2. The van der Waals surface area contributed by atoms with Gasteiger partial charge >= 0.3 is 6.18 Å². The van der Waals surface area contributed by atoms with Gasteiger partial charge in [-0.05, 0) is 71.8 Å². The topological polar surface area (TPSA) is 48.0 Å². The Balaban J connectivity index is 0.00000320. The first-order chi connectivity index (χ1) is 17.2. The van der Waals surface area contributed by atoms with Gasteiger partial charge in [-0.15, -0.1) is 12.4 Å². The predicted molar refractivity (Wildman–Crippen MR) is 135 cm³/mol. The highest BCUT2D eigenvalue weighted by Gasteiger charge is 2.31. The lowest BCUT2D eigenvalue weighted by molar-refractivity contribution is -0.137. The molecule has 2 atom stereocenters. The molecule has 4 aromatic rings. The van der Waals surface area contributed by atoms with Gasteiger partial charge in [-0.2, -0.15) is 13.2 Å². The van der Waals surface area contributed by atoms with Crippen LogP contribution in [0.4, 0.5) is 22.0 Å². The van der Waals surface area contributed by atoms with Crippen LogP contribution in [0.25, 0.3) is 22.0 Å². The SMILES string of the molecule is Cl.OC(CCCC1Cc2[nH]c3c(F)ccc(-c4cccc(C(F)(F)F)c4)c3c2CN1)c1ccc(F)cc1. The van der Waals surface area contributed by atoms with Crippen LogP contribution in [-0.4, -0.2) is 16.1 Å². The first-order valence-electron chi connectivity index (χ1n) is 11.9. The molecule has 196 valence electrons. The number of fused-ring (bicyclic) bond motifs is 3. The molecule has 0 fully saturated rings. The molecule has 0 radical (unpaired) electrons. The Bertz CT molecular complexity index is 1380. The van der Waals surface area contributed by atoms with Gasteiger partial charge in [0, 0.05) is 30.1 Å². The summed E-state index contributed by atoms with van der Waals surface area (Å²) >= 11 is 0. The maximum Gasteiger partial charge on any atom is 0.416 e. The number of halogens is 6. The minimum atomic E-state index is -4.47. The van der Waals surface area contributed by atoms with Crippen molar-refractivity contribution in [2.45, 2.75) is 50.6 Å². The highest BCUT2D eigenvalue weighted by atomic mass is 35.5. The molecule has 5 rings (SSSR count). The Labute approximate surface area is 217 Å². The van der Waals surface area contributed by atoms with E-state index >= 15 is 0 Å². The molecule has 0 amide bonds. The van der Waals surface area contributed by atoms with Crippen molar-refractivity contribution in [1.29, 1.82) is 0 Å². The van der Waals surface area contributed by atoms with Crippen LogP contribution >= 0.6 is 12.4 Å². The van der Waals surface area contributed by atoms with E-state index in [9.17, 15) is 27.1 Å². The first kappa shape index (κ1) is 27.1. The van der Waals surface area contributed by atoms with Crippen LogP contribution < -0.4 is 5.32 Å². The molecule has 1 aromatic heterocycles. The van der Waals surface area contributed by atoms with E-state index in [0.29, 0.717) is 47.0 Å². The van der Waals surface area contributed by atoms with E-state index in [-0.39, 0.29) is 24.3 Å². The van der Waals surface area contributed by atoms with Gasteiger partial charge in [0.15, 0.2) is 0 Å². The van der Waals surface area contributed by atoms with Crippen molar-refractivity contribution in [3.05, 3.63) is 94.7 Å². The summed E-state index contributed by atoms with van der Waals surface area (Å²) in [4.78, 5) is 3.18. The summed E-state index contributed by atoms with van der Waals surface area (Å²) in [6.45, 7) is 0.454. The molecule has 0 spiro atoms. The lowest BCUT2D eigenvalue weighted by atomic mass is 9.92. The number of hydrogen-bond donors (Lipinski definition) is 3. The predicted octanol–water partition coefficient (Wildman–Crippen LogP) is 7.47. The van der Waals surface area contributed by atoms with Crippen molar-refractivity contribution in [1.82, 2.24) is 10.3 Å². The molecule has 37 heavy (non-hydrogen) atoms. The lowest BCUT2D eigenvalue weighted by Gasteiger charge is -2.25. The van der Waals surface area contributed by atoms with E-state index in [1.807, 2.05) is 0 Å². The molecular formula is C28H26ClF5N2O. The van der Waals surface area contributed by atoms with Crippen molar-refractivity contribution in [3.8, 4) is 11.1 Å². The third-order valence-corrected chi connectivity index (χ3v) is 6.90. The van der Waals surface area contributed by atoms with Crippen LogP contribution in [0.15, 0.2) is 60.7 Å². The highest BCUT2D eigenvalue weighted by Crippen LogP contribution is 2.38. The maximum absolute atomic E-state index is 14.7. The Morgan fingerprint density at radius 1 is 1.00 bits per heavy atom. The van der Waals surface area contributed by atoms with Crippen molar-refractivity contribution in [2.24, 2.45) is 0 Å². The zero-order valence-electron chi connectivity index (χ0n) is 19.7. The number of alkyl halides is 3. The minimum Gasteiger partial charge on any atom is -0.388 e. The third-order valence-electron chi connectivity index (χ3n) is 6.90. The normalized spacial score (nSPS) is 16.3. The van der Waals surface area contributed by atoms with Crippen LogP contribution in [0.2, 0.25) is 0 Å². The number of benzene rings is 3. The molecule has 0 saturated carbocycles. The second-order valence-corrected chi connectivity index (χ2v) is 9.29. The van der Waals surface area contributed by atoms with Crippen LogP contribution in [0.1, 0.15) is 47.8 Å². The summed E-state index contributed by atoms with van der Waals surface area (Å²) in [6.07, 6.45) is -2.50. The number of aromatic amines is 1. The van der Waals surface area contributed by atoms with E-state index in [0.717, 1.165) is 36.2 Å². The summed E-state index contributed by atoms with van der Waals surface area (Å²) in [7, 11) is 0. The number of H-pyrrole nitrogens is 1. The van der Waals surface area contributed by atoms with Gasteiger partial charge in [0.2, 0.25) is 0 Å². The Kier molecular flexibility index (Phi) is 7.92. The quantitative estimate of drug-likeness (QED) is 0.224. The van der Waals surface area contributed by atoms with Gasteiger partial charge in [0.05, 0.1) is 17.2 Å². The van der Waals surface area contributed by atoms with Gasteiger partial charge in [-0.1, -0.05) is 30.3 Å². The fourth-order valence-corrected chi connectivity index (χ4v) is 5.04. The lowest BCUT2D eigenvalue weighted by Crippen LogP contribution is -2.35. The second kappa shape index (κ2) is 10.8. The monoisotopic (exact) mass is 536 g/mol. The third kappa shape index (κ3) is 5.66. The van der Waals surface area contributed by atoms with E-state index in [4.69, 9.17) is 0 Å². The molecule has 0 saturated heterocycles. The van der Waals surface area contributed by atoms with Gasteiger partial charge in [0.1, 0.15) is 11.6 Å². The molecule has 1 aliphatic rings. The van der Waals surface area contributed by atoms with Crippen LogP contribution in [0, 0.1) is 11.6 Å². The summed E-state index contributed by atoms with van der Waals surface area (Å²) in [6, 6.07) is 13.8. The standard InChI is InChI=1S/C28H25F5N2O.ClH/c29-19-9-7-16(8-10-19)25(36)6-2-5-20-14-24-22(15-34-20)26-21(11-12-23(30)27(26)35-24)17-3-1-4-18(13-17)28(31,32)33;/h1,3-4,7-13,20,25,34-36H,2,5-6,14-15H2;1H. The fraction of sp³-hybridized carbons (Fsp3) is 0.286. The Morgan fingerprint density at radius 2 is 1.76 bits per heavy atom. The zero-order valence-corrected chi connectivity index (χ0v) is 20.5. The highest BCUT2D eigenvalue weighted by molar-refractivity contribution is 5.99. The Morgan fingerprint density at radius 3 is 2.49 bits per heavy atom. The van der Waals surface area contributed by atoms with Gasteiger partial charge in [-0.3, -0.25) is 0 Å². The molecule has 3 N–H and O–H groups in total. The minimum absolute atomic E-state index is 0. The van der Waals surface area contributed by atoms with Crippen LogP contribution in [0.3, 0.4) is 0 Å². The van der Waals surface area contributed by atoms with E-state index in [2.05, 4.69) is 10.3 Å². The van der Waals surface area contributed by atoms with E-state index < -0.39 is 23.7 Å². The number of rotatable bonds is 6. The zero-order chi connectivity index (χ0) is 25.4. The maximum atomic E-state index is 14.7. The molecule has 0 bridgehead atoms. The van der Waals surface area contributed by atoms with Crippen LogP contribution in [0.5, 0.6) is 0 Å². The van der Waals surface area contributed by atoms with Crippen molar-refractivity contribution >= 4 is 23.3 Å².